The Morgan fingerprint density at radius 3 is 2.90 bits per heavy atom. The van der Waals surface area contributed by atoms with Gasteiger partial charge in [-0.1, -0.05) is 5.16 Å². The van der Waals surface area contributed by atoms with Crippen molar-refractivity contribution in [1.29, 1.82) is 0 Å². The summed E-state index contributed by atoms with van der Waals surface area (Å²) in [7, 11) is 1.64. The molecule has 2 saturated carbocycles. The van der Waals surface area contributed by atoms with Crippen molar-refractivity contribution in [2.24, 2.45) is 17.0 Å². The maximum absolute atomic E-state index is 4.77. The highest BCUT2D eigenvalue weighted by Gasteiger charge is 2.36. The Bertz CT molecular complexity index is 165. The fourth-order valence-electron chi connectivity index (χ4n) is 2.25. The summed E-state index contributed by atoms with van der Waals surface area (Å²) in [5, 5.41) is 4.02. The second-order valence-corrected chi connectivity index (χ2v) is 3.35. The van der Waals surface area contributed by atoms with Gasteiger partial charge < -0.3 is 4.84 Å². The molecule has 2 unspecified atom stereocenters. The fraction of sp³-hybridized carbons (Fsp3) is 0.875. The van der Waals surface area contributed by atoms with Crippen molar-refractivity contribution in [2.45, 2.75) is 25.7 Å². The van der Waals surface area contributed by atoms with Gasteiger partial charge in [0.05, 0.1) is 5.71 Å². The summed E-state index contributed by atoms with van der Waals surface area (Å²) in [5.74, 6) is 1.73. The van der Waals surface area contributed by atoms with Gasteiger partial charge in [0.1, 0.15) is 7.11 Å². The number of hydrogen-bond donors (Lipinski definition) is 0. The van der Waals surface area contributed by atoms with Gasteiger partial charge in [0, 0.05) is 5.92 Å². The number of fused-ring (bicyclic) bond motifs is 2. The number of nitrogens with zero attached hydrogens (tertiary/aromatic N) is 1. The summed E-state index contributed by atoms with van der Waals surface area (Å²) in [6, 6.07) is 0. The van der Waals surface area contributed by atoms with Crippen LogP contribution in [0.5, 0.6) is 0 Å². The maximum Gasteiger partial charge on any atom is 0.106 e. The van der Waals surface area contributed by atoms with Gasteiger partial charge in [-0.25, -0.2) is 0 Å². The topological polar surface area (TPSA) is 21.6 Å². The molecule has 0 spiro atoms. The third-order valence-electron chi connectivity index (χ3n) is 2.72. The van der Waals surface area contributed by atoms with Gasteiger partial charge in [-0.05, 0) is 31.6 Å². The van der Waals surface area contributed by atoms with E-state index >= 15 is 0 Å². The highest BCUT2D eigenvalue weighted by molar-refractivity contribution is 5.89. The van der Waals surface area contributed by atoms with Crippen molar-refractivity contribution in [3.63, 3.8) is 0 Å². The Hall–Kier alpha value is -0.530. The van der Waals surface area contributed by atoms with Gasteiger partial charge in [0.15, 0.2) is 0 Å². The van der Waals surface area contributed by atoms with Crippen LogP contribution < -0.4 is 0 Å². The SMILES string of the molecule is CO/N=C1/CC2CCC1C2. The predicted octanol–water partition coefficient (Wildman–Crippen LogP) is 1.81. The summed E-state index contributed by atoms with van der Waals surface area (Å²) < 4.78 is 0. The molecule has 2 heteroatoms. The van der Waals surface area contributed by atoms with E-state index in [1.807, 2.05) is 0 Å². The largest absolute Gasteiger partial charge is 0.399 e. The van der Waals surface area contributed by atoms with Crippen LogP contribution in [0.15, 0.2) is 5.16 Å². The highest BCUT2D eigenvalue weighted by atomic mass is 16.6. The first-order chi connectivity index (χ1) is 4.90. The van der Waals surface area contributed by atoms with Crippen LogP contribution in [0.2, 0.25) is 0 Å². The zero-order valence-electron chi connectivity index (χ0n) is 6.34. The molecular formula is C8H13NO. The normalized spacial score (nSPS) is 41.1. The Kier molecular flexibility index (Phi) is 1.40. The van der Waals surface area contributed by atoms with Gasteiger partial charge in [-0.15, -0.1) is 0 Å². The van der Waals surface area contributed by atoms with Crippen LogP contribution in [0.4, 0.5) is 0 Å². The summed E-state index contributed by atoms with van der Waals surface area (Å²) >= 11 is 0. The van der Waals surface area contributed by atoms with Crippen LogP contribution in [-0.4, -0.2) is 12.8 Å². The lowest BCUT2D eigenvalue weighted by atomic mass is 9.99. The summed E-state index contributed by atoms with van der Waals surface area (Å²) in [6.07, 6.45) is 5.36. The van der Waals surface area contributed by atoms with E-state index in [-0.39, 0.29) is 0 Å². The quantitative estimate of drug-likeness (QED) is 0.508. The third-order valence-corrected chi connectivity index (χ3v) is 2.72. The smallest absolute Gasteiger partial charge is 0.106 e. The van der Waals surface area contributed by atoms with E-state index in [9.17, 15) is 0 Å². The Morgan fingerprint density at radius 2 is 2.40 bits per heavy atom. The predicted molar refractivity (Wildman–Crippen MR) is 39.9 cm³/mol. The monoisotopic (exact) mass is 139 g/mol. The molecular weight excluding hydrogens is 126 g/mol. The van der Waals surface area contributed by atoms with E-state index in [4.69, 9.17) is 4.84 Å². The third kappa shape index (κ3) is 0.825. The molecule has 0 aromatic heterocycles. The first kappa shape index (κ1) is 6.20. The summed E-state index contributed by atoms with van der Waals surface area (Å²) in [4.78, 5) is 4.77. The molecule has 56 valence electrons. The average Bonchev–Trinajstić information content (AvgIpc) is 2.48. The van der Waals surface area contributed by atoms with E-state index in [0.29, 0.717) is 0 Å². The molecule has 0 saturated heterocycles. The maximum atomic E-state index is 4.77. The highest BCUT2D eigenvalue weighted by Crippen LogP contribution is 2.42. The summed E-state index contributed by atoms with van der Waals surface area (Å²) in [5.41, 5.74) is 1.32. The lowest BCUT2D eigenvalue weighted by Crippen LogP contribution is -2.09. The molecule has 0 aliphatic heterocycles. The first-order valence-electron chi connectivity index (χ1n) is 4.00. The molecule has 0 amide bonds. The van der Waals surface area contributed by atoms with Crippen molar-refractivity contribution in [2.75, 3.05) is 7.11 Å². The molecule has 0 radical (unpaired) electrons. The summed E-state index contributed by atoms with van der Waals surface area (Å²) in [6.45, 7) is 0. The van der Waals surface area contributed by atoms with Gasteiger partial charge in [0.25, 0.3) is 0 Å². The molecule has 0 heterocycles. The van der Waals surface area contributed by atoms with Gasteiger partial charge >= 0.3 is 0 Å². The Balaban J connectivity index is 2.08. The van der Waals surface area contributed by atoms with Crippen molar-refractivity contribution >= 4 is 5.71 Å². The number of rotatable bonds is 1. The molecule has 2 aliphatic rings. The van der Waals surface area contributed by atoms with Gasteiger partial charge in [0.2, 0.25) is 0 Å². The lowest BCUT2D eigenvalue weighted by Gasteiger charge is -2.09. The second-order valence-electron chi connectivity index (χ2n) is 3.35. The second kappa shape index (κ2) is 2.26. The molecule has 2 nitrogen and oxygen atoms in total. The molecule has 2 aliphatic carbocycles. The van der Waals surface area contributed by atoms with Crippen LogP contribution in [0, 0.1) is 11.8 Å². The molecule has 0 N–H and O–H groups in total. The Morgan fingerprint density at radius 1 is 1.50 bits per heavy atom. The zero-order valence-corrected chi connectivity index (χ0v) is 6.34. The van der Waals surface area contributed by atoms with E-state index in [1.165, 1.54) is 31.4 Å². The number of hydrogen-bond acceptors (Lipinski definition) is 2. The van der Waals surface area contributed by atoms with E-state index in [2.05, 4.69) is 5.16 Å². The standard InChI is InChI=1S/C8H13NO/c1-10-9-8-5-6-2-3-7(8)4-6/h6-7H,2-5H2,1H3/b9-8-. The van der Waals surface area contributed by atoms with Crippen LogP contribution in [0.3, 0.4) is 0 Å². The van der Waals surface area contributed by atoms with Gasteiger partial charge in [-0.3, -0.25) is 0 Å². The van der Waals surface area contributed by atoms with Crippen LogP contribution >= 0.6 is 0 Å². The average molecular weight is 139 g/mol. The molecule has 0 aromatic carbocycles. The van der Waals surface area contributed by atoms with Crippen molar-refractivity contribution < 1.29 is 4.84 Å². The molecule has 0 aromatic rings. The van der Waals surface area contributed by atoms with E-state index in [0.717, 1.165) is 11.8 Å². The molecule has 2 rings (SSSR count). The van der Waals surface area contributed by atoms with Crippen LogP contribution in [0.25, 0.3) is 0 Å². The van der Waals surface area contributed by atoms with Gasteiger partial charge in [-0.2, -0.15) is 0 Å². The minimum atomic E-state index is 0.782. The first-order valence-corrected chi connectivity index (χ1v) is 4.00. The molecule has 10 heavy (non-hydrogen) atoms. The lowest BCUT2D eigenvalue weighted by molar-refractivity contribution is 0.210. The number of oxime groups is 1. The van der Waals surface area contributed by atoms with Crippen LogP contribution in [-0.2, 0) is 4.84 Å². The van der Waals surface area contributed by atoms with Crippen LogP contribution in [0.1, 0.15) is 25.7 Å². The van der Waals surface area contributed by atoms with Crippen molar-refractivity contribution in [3.8, 4) is 0 Å². The molecule has 2 atom stereocenters. The minimum Gasteiger partial charge on any atom is -0.399 e. The molecule has 2 fully saturated rings. The van der Waals surface area contributed by atoms with Crippen molar-refractivity contribution in [3.05, 3.63) is 0 Å². The molecule has 2 bridgehead atoms. The zero-order chi connectivity index (χ0) is 6.97. The van der Waals surface area contributed by atoms with Crippen molar-refractivity contribution in [1.82, 2.24) is 0 Å². The Labute approximate surface area is 61.2 Å². The van der Waals surface area contributed by atoms with E-state index in [1.54, 1.807) is 7.11 Å². The fourth-order valence-corrected chi connectivity index (χ4v) is 2.25. The van der Waals surface area contributed by atoms with E-state index < -0.39 is 0 Å². The minimum absolute atomic E-state index is 0.782.